The molecule has 100 valence electrons. The molecule has 0 aliphatic rings. The van der Waals surface area contributed by atoms with Gasteiger partial charge in [-0.3, -0.25) is 0 Å². The molecule has 2 aromatic carbocycles. The van der Waals surface area contributed by atoms with Crippen LogP contribution in [0.25, 0.3) is 10.8 Å². The maximum Gasteiger partial charge on any atom is 0.359 e. The van der Waals surface area contributed by atoms with Crippen LogP contribution in [0.15, 0.2) is 42.5 Å². The van der Waals surface area contributed by atoms with Crippen LogP contribution in [0.2, 0.25) is 0 Å². The number of rotatable bonds is 4. The zero-order chi connectivity index (χ0) is 13.9. The van der Waals surface area contributed by atoms with Crippen molar-refractivity contribution in [3.8, 4) is 5.88 Å². The average Bonchev–Trinajstić information content (AvgIpc) is 2.93. The van der Waals surface area contributed by atoms with Crippen molar-refractivity contribution in [3.05, 3.63) is 53.7 Å². The number of aromatic nitrogens is 3. The maximum absolute atomic E-state index is 10.9. The Morgan fingerprint density at radius 2 is 2.00 bits per heavy atom. The minimum atomic E-state index is -1.15. The van der Waals surface area contributed by atoms with Gasteiger partial charge in [-0.25, -0.2) is 9.89 Å². The van der Waals surface area contributed by atoms with Crippen molar-refractivity contribution in [2.24, 2.45) is 0 Å². The first-order valence-electron chi connectivity index (χ1n) is 5.99. The molecule has 1 heterocycles. The second-order valence-electron chi connectivity index (χ2n) is 4.27. The predicted molar refractivity (Wildman–Crippen MR) is 71.6 cm³/mol. The number of H-pyrrole nitrogens is 1. The smallest absolute Gasteiger partial charge is 0.359 e. The van der Waals surface area contributed by atoms with Gasteiger partial charge in [0.1, 0.15) is 6.61 Å². The van der Waals surface area contributed by atoms with E-state index in [9.17, 15) is 4.79 Å². The monoisotopic (exact) mass is 269 g/mol. The number of carboxylic acid groups (broad SMARTS) is 1. The van der Waals surface area contributed by atoms with Crippen molar-refractivity contribution in [2.75, 3.05) is 0 Å². The van der Waals surface area contributed by atoms with Crippen LogP contribution < -0.4 is 4.74 Å². The summed E-state index contributed by atoms with van der Waals surface area (Å²) in [6, 6.07) is 13.9. The molecule has 0 atom stereocenters. The fourth-order valence-corrected chi connectivity index (χ4v) is 1.94. The van der Waals surface area contributed by atoms with E-state index in [4.69, 9.17) is 9.84 Å². The summed E-state index contributed by atoms with van der Waals surface area (Å²) < 4.78 is 5.39. The Morgan fingerprint density at radius 3 is 2.80 bits per heavy atom. The first-order chi connectivity index (χ1) is 9.74. The fraction of sp³-hybridized carbons (Fsp3) is 0.0714. The molecule has 2 N–H and O–H groups in total. The van der Waals surface area contributed by atoms with E-state index in [2.05, 4.69) is 15.4 Å². The molecule has 0 fully saturated rings. The summed E-state index contributed by atoms with van der Waals surface area (Å²) >= 11 is 0. The van der Waals surface area contributed by atoms with Gasteiger partial charge in [0.2, 0.25) is 5.69 Å². The van der Waals surface area contributed by atoms with E-state index in [1.807, 2.05) is 42.5 Å². The lowest BCUT2D eigenvalue weighted by atomic mass is 10.1. The minimum absolute atomic E-state index is 0.00865. The Balaban J connectivity index is 1.79. The lowest BCUT2D eigenvalue weighted by Crippen LogP contribution is -2.03. The highest BCUT2D eigenvalue weighted by atomic mass is 16.5. The van der Waals surface area contributed by atoms with Gasteiger partial charge in [0, 0.05) is 0 Å². The van der Waals surface area contributed by atoms with E-state index in [-0.39, 0.29) is 18.2 Å². The number of benzene rings is 2. The zero-order valence-electron chi connectivity index (χ0n) is 10.4. The first-order valence-corrected chi connectivity index (χ1v) is 5.99. The highest BCUT2D eigenvalue weighted by Gasteiger charge is 2.15. The molecule has 0 radical (unpaired) electrons. The summed E-state index contributed by atoms with van der Waals surface area (Å²) in [6.07, 6.45) is 0. The molecule has 0 aliphatic heterocycles. The van der Waals surface area contributed by atoms with Crippen molar-refractivity contribution < 1.29 is 14.6 Å². The number of aromatic amines is 1. The Bertz CT molecular complexity index is 767. The molecular weight excluding hydrogens is 258 g/mol. The molecule has 1 aromatic heterocycles. The van der Waals surface area contributed by atoms with Gasteiger partial charge in [-0.1, -0.05) is 46.7 Å². The third-order valence-corrected chi connectivity index (χ3v) is 2.92. The fourth-order valence-electron chi connectivity index (χ4n) is 1.94. The van der Waals surface area contributed by atoms with Crippen LogP contribution in [0.5, 0.6) is 5.88 Å². The van der Waals surface area contributed by atoms with Crippen LogP contribution in [0.4, 0.5) is 0 Å². The van der Waals surface area contributed by atoms with Gasteiger partial charge in [0.25, 0.3) is 5.88 Å². The third-order valence-electron chi connectivity index (χ3n) is 2.92. The molecule has 0 spiro atoms. The predicted octanol–water partition coefficient (Wildman–Crippen LogP) is 2.24. The van der Waals surface area contributed by atoms with Crippen LogP contribution >= 0.6 is 0 Å². The lowest BCUT2D eigenvalue weighted by Gasteiger charge is -2.05. The van der Waals surface area contributed by atoms with Crippen molar-refractivity contribution in [1.29, 1.82) is 0 Å². The SMILES string of the molecule is O=C(O)c1[nH]nnc1OCc1ccc2ccccc2c1. The van der Waals surface area contributed by atoms with E-state index in [1.54, 1.807) is 0 Å². The van der Waals surface area contributed by atoms with Crippen molar-refractivity contribution in [3.63, 3.8) is 0 Å². The number of carbonyl (C=O) groups is 1. The summed E-state index contributed by atoms with van der Waals surface area (Å²) in [5.74, 6) is -1.16. The van der Waals surface area contributed by atoms with E-state index in [0.717, 1.165) is 16.3 Å². The van der Waals surface area contributed by atoms with Gasteiger partial charge >= 0.3 is 5.97 Å². The first kappa shape index (κ1) is 12.2. The van der Waals surface area contributed by atoms with Gasteiger partial charge in [0.05, 0.1) is 0 Å². The highest BCUT2D eigenvalue weighted by Crippen LogP contribution is 2.18. The minimum Gasteiger partial charge on any atom is -0.476 e. The van der Waals surface area contributed by atoms with E-state index < -0.39 is 5.97 Å². The Morgan fingerprint density at radius 1 is 1.20 bits per heavy atom. The Labute approximate surface area is 114 Å². The lowest BCUT2D eigenvalue weighted by molar-refractivity contribution is 0.0685. The summed E-state index contributed by atoms with van der Waals surface area (Å²) in [7, 11) is 0. The average molecular weight is 269 g/mol. The Hall–Kier alpha value is -2.89. The summed E-state index contributed by atoms with van der Waals surface area (Å²) in [6.45, 7) is 0.234. The van der Waals surface area contributed by atoms with Crippen LogP contribution in [0.1, 0.15) is 16.1 Å². The summed E-state index contributed by atoms with van der Waals surface area (Å²) in [4.78, 5) is 10.9. The second-order valence-corrected chi connectivity index (χ2v) is 4.27. The number of nitrogens with zero attached hydrogens (tertiary/aromatic N) is 2. The number of nitrogens with one attached hydrogen (secondary N) is 1. The van der Waals surface area contributed by atoms with Gasteiger partial charge < -0.3 is 9.84 Å². The third kappa shape index (κ3) is 2.31. The second kappa shape index (κ2) is 5.00. The van der Waals surface area contributed by atoms with Gasteiger partial charge in [-0.05, 0) is 22.4 Å². The molecule has 20 heavy (non-hydrogen) atoms. The molecule has 0 amide bonds. The largest absolute Gasteiger partial charge is 0.476 e. The van der Waals surface area contributed by atoms with E-state index >= 15 is 0 Å². The standard InChI is InChI=1S/C14H11N3O3/c18-14(19)12-13(16-17-15-12)20-8-9-5-6-10-3-1-2-4-11(10)7-9/h1-7H,8H2,(H,18,19)(H,15,16,17). The maximum atomic E-state index is 10.9. The van der Waals surface area contributed by atoms with Gasteiger partial charge in [0.15, 0.2) is 0 Å². The van der Waals surface area contributed by atoms with Crippen LogP contribution in [0, 0.1) is 0 Å². The summed E-state index contributed by atoms with van der Waals surface area (Å²) in [5.41, 5.74) is 0.786. The van der Waals surface area contributed by atoms with E-state index in [0.29, 0.717) is 0 Å². The Kier molecular flexibility index (Phi) is 3.04. The molecule has 0 saturated heterocycles. The number of fused-ring (bicyclic) bond motifs is 1. The molecule has 0 saturated carbocycles. The molecule has 0 unspecified atom stereocenters. The van der Waals surface area contributed by atoms with Crippen LogP contribution in [-0.4, -0.2) is 26.5 Å². The number of aromatic carboxylic acids is 1. The quantitative estimate of drug-likeness (QED) is 0.758. The van der Waals surface area contributed by atoms with Crippen molar-refractivity contribution in [2.45, 2.75) is 6.61 Å². The van der Waals surface area contributed by atoms with Crippen molar-refractivity contribution >= 4 is 16.7 Å². The normalized spacial score (nSPS) is 10.6. The molecular formula is C14H11N3O3. The number of carboxylic acids is 1. The topological polar surface area (TPSA) is 88.1 Å². The van der Waals surface area contributed by atoms with Crippen LogP contribution in [-0.2, 0) is 6.61 Å². The molecule has 3 rings (SSSR count). The number of hydrogen-bond acceptors (Lipinski definition) is 4. The van der Waals surface area contributed by atoms with E-state index in [1.165, 1.54) is 0 Å². The van der Waals surface area contributed by atoms with Gasteiger partial charge in [-0.2, -0.15) is 0 Å². The molecule has 6 heteroatoms. The zero-order valence-corrected chi connectivity index (χ0v) is 10.4. The molecule has 0 aliphatic carbocycles. The molecule has 0 bridgehead atoms. The number of ether oxygens (including phenoxy) is 1. The number of hydrogen-bond donors (Lipinski definition) is 2. The van der Waals surface area contributed by atoms with Gasteiger partial charge in [-0.15, -0.1) is 0 Å². The van der Waals surface area contributed by atoms with Crippen LogP contribution in [0.3, 0.4) is 0 Å². The molecule has 3 aromatic rings. The highest BCUT2D eigenvalue weighted by molar-refractivity contribution is 5.87. The van der Waals surface area contributed by atoms with Crippen molar-refractivity contribution in [1.82, 2.24) is 15.4 Å². The molecule has 6 nitrogen and oxygen atoms in total. The summed E-state index contributed by atoms with van der Waals surface area (Å²) in [5, 5.41) is 20.5.